The smallest absolute Gasteiger partial charge is 0.244 e. The molecule has 0 spiro atoms. The lowest BCUT2D eigenvalue weighted by molar-refractivity contribution is -0.126. The van der Waals surface area contributed by atoms with Crippen molar-refractivity contribution >= 4 is 30.7 Å². The van der Waals surface area contributed by atoms with Crippen molar-refractivity contribution in [1.82, 2.24) is 10.3 Å². The number of nitrogens with two attached hydrogens (primary N) is 1. The van der Waals surface area contributed by atoms with Crippen LogP contribution in [0.3, 0.4) is 0 Å². The normalized spacial score (nSPS) is 12.3. The Morgan fingerprint density at radius 2 is 1.82 bits per heavy atom. The van der Waals surface area contributed by atoms with E-state index in [2.05, 4.69) is 10.3 Å². The molecule has 4 nitrogen and oxygen atoms in total. The second-order valence-electron chi connectivity index (χ2n) is 5.02. The van der Waals surface area contributed by atoms with E-state index in [0.717, 1.165) is 16.8 Å². The van der Waals surface area contributed by atoms with Crippen LogP contribution in [0.25, 0.3) is 0 Å². The summed E-state index contributed by atoms with van der Waals surface area (Å²) in [4.78, 5) is 16.5. The molecule has 0 aliphatic rings. The number of nitrogens with one attached hydrogen (secondary N) is 1. The Hall–Kier alpha value is -1.62. The molecule has 120 valence electrons. The molecule has 1 unspecified atom stereocenters. The number of benzene rings is 1. The molecular weight excluding hydrogens is 321 g/mol. The van der Waals surface area contributed by atoms with Crippen LogP contribution in [0.2, 0.25) is 0 Å². The van der Waals surface area contributed by atoms with Gasteiger partial charge in [-0.25, -0.2) is 0 Å². The van der Waals surface area contributed by atoms with Crippen LogP contribution in [0, 0.1) is 6.92 Å². The van der Waals surface area contributed by atoms with Gasteiger partial charge in [0.2, 0.25) is 5.91 Å². The standard InChI is InChI=1S/C16H19N3O.2ClH/c1-12-7-6-10-18-14(12)11-19-15(20)16(2,17)13-8-4-3-5-9-13;;/h3-10H,11,17H2,1-2H3,(H,19,20);2*1H. The number of amides is 1. The summed E-state index contributed by atoms with van der Waals surface area (Å²) in [5.74, 6) is -0.214. The summed E-state index contributed by atoms with van der Waals surface area (Å²) in [6, 6.07) is 13.2. The minimum atomic E-state index is -1.05. The zero-order valence-corrected chi connectivity index (χ0v) is 14.2. The van der Waals surface area contributed by atoms with Crippen LogP contribution in [0.5, 0.6) is 0 Å². The van der Waals surface area contributed by atoms with Gasteiger partial charge in [-0.15, -0.1) is 24.8 Å². The third-order valence-electron chi connectivity index (χ3n) is 3.38. The first-order valence-electron chi connectivity index (χ1n) is 6.55. The summed E-state index contributed by atoms with van der Waals surface area (Å²) in [5, 5.41) is 2.85. The molecule has 0 fully saturated rings. The van der Waals surface area contributed by atoms with E-state index in [9.17, 15) is 4.79 Å². The van der Waals surface area contributed by atoms with Gasteiger partial charge in [0.1, 0.15) is 5.54 Å². The van der Waals surface area contributed by atoms with Crippen molar-refractivity contribution in [2.45, 2.75) is 25.9 Å². The van der Waals surface area contributed by atoms with Gasteiger partial charge in [0.25, 0.3) is 0 Å². The average molecular weight is 342 g/mol. The predicted octanol–water partition coefficient (Wildman–Crippen LogP) is 2.72. The summed E-state index contributed by atoms with van der Waals surface area (Å²) in [6.07, 6.45) is 1.72. The van der Waals surface area contributed by atoms with Crippen molar-refractivity contribution in [1.29, 1.82) is 0 Å². The number of aryl methyl sites for hydroxylation is 1. The van der Waals surface area contributed by atoms with Crippen LogP contribution in [-0.4, -0.2) is 10.9 Å². The number of rotatable bonds is 4. The van der Waals surface area contributed by atoms with Crippen LogP contribution in [0.1, 0.15) is 23.7 Å². The molecule has 1 heterocycles. The molecular formula is C16H21Cl2N3O. The molecule has 1 aromatic carbocycles. The Morgan fingerprint density at radius 3 is 2.41 bits per heavy atom. The van der Waals surface area contributed by atoms with Crippen molar-refractivity contribution in [2.24, 2.45) is 5.73 Å². The molecule has 0 bridgehead atoms. The molecule has 6 heteroatoms. The van der Waals surface area contributed by atoms with Gasteiger partial charge in [-0.3, -0.25) is 9.78 Å². The monoisotopic (exact) mass is 341 g/mol. The van der Waals surface area contributed by atoms with Gasteiger partial charge >= 0.3 is 0 Å². The number of carbonyl (C=O) groups is 1. The first-order chi connectivity index (χ1) is 9.51. The van der Waals surface area contributed by atoms with E-state index < -0.39 is 5.54 Å². The maximum atomic E-state index is 12.3. The van der Waals surface area contributed by atoms with E-state index in [4.69, 9.17) is 5.73 Å². The first-order valence-corrected chi connectivity index (χ1v) is 6.55. The Morgan fingerprint density at radius 1 is 1.18 bits per heavy atom. The van der Waals surface area contributed by atoms with Crippen LogP contribution in [0.4, 0.5) is 0 Å². The highest BCUT2D eigenvalue weighted by molar-refractivity contribution is 5.87. The van der Waals surface area contributed by atoms with E-state index in [1.165, 1.54) is 0 Å². The Bertz CT molecular complexity index is 603. The van der Waals surface area contributed by atoms with Gasteiger partial charge in [0.15, 0.2) is 0 Å². The second-order valence-corrected chi connectivity index (χ2v) is 5.02. The molecule has 2 rings (SSSR count). The predicted molar refractivity (Wildman–Crippen MR) is 93.3 cm³/mol. The molecule has 0 saturated carbocycles. The topological polar surface area (TPSA) is 68.0 Å². The van der Waals surface area contributed by atoms with Gasteiger partial charge in [0, 0.05) is 6.20 Å². The van der Waals surface area contributed by atoms with Crippen LogP contribution >= 0.6 is 24.8 Å². The molecule has 1 amide bonds. The van der Waals surface area contributed by atoms with Gasteiger partial charge in [-0.05, 0) is 31.0 Å². The quantitative estimate of drug-likeness (QED) is 0.898. The molecule has 0 aliphatic heterocycles. The van der Waals surface area contributed by atoms with E-state index in [1.807, 2.05) is 49.4 Å². The molecule has 0 radical (unpaired) electrons. The summed E-state index contributed by atoms with van der Waals surface area (Å²) >= 11 is 0. The number of hydrogen-bond donors (Lipinski definition) is 2. The van der Waals surface area contributed by atoms with Crippen molar-refractivity contribution in [2.75, 3.05) is 0 Å². The van der Waals surface area contributed by atoms with E-state index in [1.54, 1.807) is 13.1 Å². The fourth-order valence-electron chi connectivity index (χ4n) is 1.97. The fraction of sp³-hybridized carbons (Fsp3) is 0.250. The number of carbonyl (C=O) groups excluding carboxylic acids is 1. The summed E-state index contributed by atoms with van der Waals surface area (Å²) in [5.41, 5.74) is 7.79. The third kappa shape index (κ3) is 4.70. The number of pyridine rings is 1. The average Bonchev–Trinajstić information content (AvgIpc) is 2.47. The lowest BCUT2D eigenvalue weighted by atomic mass is 9.92. The van der Waals surface area contributed by atoms with Crippen LogP contribution < -0.4 is 11.1 Å². The zero-order chi connectivity index (χ0) is 14.6. The Kier molecular flexibility index (Phi) is 8.09. The van der Waals surface area contributed by atoms with Crippen molar-refractivity contribution in [3.8, 4) is 0 Å². The van der Waals surface area contributed by atoms with Crippen molar-refractivity contribution in [3.05, 3.63) is 65.5 Å². The number of halogens is 2. The molecule has 0 saturated heterocycles. The van der Waals surface area contributed by atoms with Crippen LogP contribution in [0.15, 0.2) is 48.7 Å². The van der Waals surface area contributed by atoms with Crippen LogP contribution in [-0.2, 0) is 16.9 Å². The largest absolute Gasteiger partial charge is 0.349 e. The highest BCUT2D eigenvalue weighted by Gasteiger charge is 2.30. The van der Waals surface area contributed by atoms with Gasteiger partial charge in [-0.2, -0.15) is 0 Å². The highest BCUT2D eigenvalue weighted by atomic mass is 35.5. The second kappa shape index (κ2) is 8.73. The van der Waals surface area contributed by atoms with Crippen molar-refractivity contribution < 1.29 is 4.79 Å². The number of aromatic nitrogens is 1. The Labute approximate surface area is 143 Å². The lowest BCUT2D eigenvalue weighted by Crippen LogP contribution is -2.48. The van der Waals surface area contributed by atoms with E-state index in [0.29, 0.717) is 6.54 Å². The van der Waals surface area contributed by atoms with Gasteiger partial charge < -0.3 is 11.1 Å². The first kappa shape index (κ1) is 20.4. The minimum Gasteiger partial charge on any atom is -0.349 e. The van der Waals surface area contributed by atoms with Gasteiger partial charge in [0.05, 0.1) is 12.2 Å². The third-order valence-corrected chi connectivity index (χ3v) is 3.38. The van der Waals surface area contributed by atoms with E-state index in [-0.39, 0.29) is 30.7 Å². The maximum absolute atomic E-state index is 12.3. The molecule has 2 aromatic rings. The van der Waals surface area contributed by atoms with Gasteiger partial charge in [-0.1, -0.05) is 36.4 Å². The Balaban J connectivity index is 0.00000220. The molecule has 3 N–H and O–H groups in total. The van der Waals surface area contributed by atoms with E-state index >= 15 is 0 Å². The van der Waals surface area contributed by atoms with Crippen molar-refractivity contribution in [3.63, 3.8) is 0 Å². The lowest BCUT2D eigenvalue weighted by Gasteiger charge is -2.24. The highest BCUT2D eigenvalue weighted by Crippen LogP contribution is 2.17. The molecule has 1 aromatic heterocycles. The minimum absolute atomic E-state index is 0. The molecule has 1 atom stereocenters. The zero-order valence-electron chi connectivity index (χ0n) is 12.6. The summed E-state index contributed by atoms with van der Waals surface area (Å²) in [7, 11) is 0. The SMILES string of the molecule is Cc1cccnc1CNC(=O)C(C)(N)c1ccccc1.Cl.Cl. The number of nitrogens with zero attached hydrogens (tertiary/aromatic N) is 1. The maximum Gasteiger partial charge on any atom is 0.244 e. The summed E-state index contributed by atoms with van der Waals surface area (Å²) < 4.78 is 0. The number of hydrogen-bond acceptors (Lipinski definition) is 3. The fourth-order valence-corrected chi connectivity index (χ4v) is 1.97. The molecule has 22 heavy (non-hydrogen) atoms. The summed E-state index contributed by atoms with van der Waals surface area (Å²) in [6.45, 7) is 4.06. The molecule has 0 aliphatic carbocycles.